The van der Waals surface area contributed by atoms with E-state index in [-0.39, 0.29) is 16.7 Å². The van der Waals surface area contributed by atoms with Crippen LogP contribution in [0, 0.1) is 16.7 Å². The summed E-state index contributed by atoms with van der Waals surface area (Å²) in [5, 5.41) is 12.9. The molecule has 22 heavy (non-hydrogen) atoms. The molecule has 1 heterocycles. The van der Waals surface area contributed by atoms with Crippen molar-refractivity contribution in [2.45, 2.75) is 45.2 Å². The van der Waals surface area contributed by atoms with Gasteiger partial charge >= 0.3 is 0 Å². The number of nitrogens with zero attached hydrogens (tertiary/aromatic N) is 4. The Balaban J connectivity index is 1.58. The molecular formula is C15H23N5OS. The Hall–Kier alpha value is -1.37. The number of aryl methyl sites for hydroxylation is 1. The van der Waals surface area contributed by atoms with Gasteiger partial charge in [0.25, 0.3) is 5.91 Å². The number of carbonyl (C=O) groups is 1. The molecule has 2 fully saturated rings. The van der Waals surface area contributed by atoms with Crippen molar-refractivity contribution in [2.75, 3.05) is 5.75 Å². The normalized spacial score (nSPS) is 30.9. The second kappa shape index (κ2) is 5.37. The number of rotatable bonds is 4. The fourth-order valence-electron chi connectivity index (χ4n) is 3.79. The summed E-state index contributed by atoms with van der Waals surface area (Å²) in [4.78, 5) is 12.0. The summed E-state index contributed by atoms with van der Waals surface area (Å²) in [6, 6.07) is 0. The van der Waals surface area contributed by atoms with Crippen molar-refractivity contribution in [2.24, 2.45) is 28.9 Å². The number of carbonyl (C=O) groups excluding carboxylic acids is 1. The minimum atomic E-state index is -0.0929. The van der Waals surface area contributed by atoms with Crippen molar-refractivity contribution in [3.05, 3.63) is 6.33 Å². The van der Waals surface area contributed by atoms with Crippen molar-refractivity contribution < 1.29 is 4.79 Å². The molecule has 7 heteroatoms. The van der Waals surface area contributed by atoms with Gasteiger partial charge in [-0.25, -0.2) is 5.43 Å². The third kappa shape index (κ3) is 2.35. The molecule has 6 nitrogen and oxygen atoms in total. The van der Waals surface area contributed by atoms with Crippen LogP contribution in [0.3, 0.4) is 0 Å². The highest BCUT2D eigenvalue weighted by molar-refractivity contribution is 7.99. The van der Waals surface area contributed by atoms with Crippen LogP contribution in [0.2, 0.25) is 0 Å². The largest absolute Gasteiger partial charge is 0.312 e. The van der Waals surface area contributed by atoms with E-state index >= 15 is 0 Å². The fraction of sp³-hybridized carbons (Fsp3) is 0.733. The first-order valence-corrected chi connectivity index (χ1v) is 8.66. The minimum Gasteiger partial charge on any atom is -0.312 e. The molecule has 2 saturated carbocycles. The van der Waals surface area contributed by atoms with Gasteiger partial charge in [0.2, 0.25) is 0 Å². The van der Waals surface area contributed by atoms with E-state index in [4.69, 9.17) is 0 Å². The molecule has 2 aliphatic carbocycles. The summed E-state index contributed by atoms with van der Waals surface area (Å²) >= 11 is 1.37. The Morgan fingerprint density at radius 3 is 2.86 bits per heavy atom. The molecule has 0 aromatic carbocycles. The molecule has 2 bridgehead atoms. The summed E-state index contributed by atoms with van der Waals surface area (Å²) in [6.07, 6.45) is 5.09. The molecule has 1 aromatic rings. The van der Waals surface area contributed by atoms with Crippen LogP contribution in [0.5, 0.6) is 0 Å². The first-order chi connectivity index (χ1) is 10.3. The van der Waals surface area contributed by atoms with Gasteiger partial charge in [-0.2, -0.15) is 5.10 Å². The highest BCUT2D eigenvalue weighted by Crippen LogP contribution is 2.63. The molecule has 1 amide bonds. The maximum Gasteiger partial charge on any atom is 0.250 e. The van der Waals surface area contributed by atoms with E-state index in [0.29, 0.717) is 11.7 Å². The molecule has 0 aliphatic heterocycles. The van der Waals surface area contributed by atoms with Crippen molar-refractivity contribution in [1.29, 1.82) is 0 Å². The number of fused-ring (bicyclic) bond motifs is 2. The number of aromatic nitrogens is 3. The third-order valence-corrected chi connectivity index (χ3v) is 6.86. The monoisotopic (exact) mass is 321 g/mol. The van der Waals surface area contributed by atoms with Crippen LogP contribution in [-0.4, -0.2) is 32.1 Å². The van der Waals surface area contributed by atoms with Crippen LogP contribution in [0.25, 0.3) is 0 Å². The molecule has 2 aliphatic rings. The average Bonchev–Trinajstić information content (AvgIpc) is 3.03. The second-order valence-corrected chi connectivity index (χ2v) is 8.04. The highest BCUT2D eigenvalue weighted by Gasteiger charge is 2.59. The Morgan fingerprint density at radius 1 is 1.55 bits per heavy atom. The van der Waals surface area contributed by atoms with Crippen LogP contribution in [0.15, 0.2) is 16.6 Å². The number of thioether (sulfide) groups is 1. The standard InChI is InChI=1S/C15H23N5OS/c1-14(2)10-5-6-15(14,3)11(7-10)17-18-12(21)8-22-13-19-16-9-20(13)4/h9-10H,5-8H2,1-4H3,(H,18,21)/b17-11+. The molecule has 1 aromatic heterocycles. The average molecular weight is 321 g/mol. The van der Waals surface area contributed by atoms with Crippen molar-refractivity contribution in [3.63, 3.8) is 0 Å². The van der Waals surface area contributed by atoms with Crippen LogP contribution in [0.1, 0.15) is 40.0 Å². The van der Waals surface area contributed by atoms with Gasteiger partial charge in [0, 0.05) is 18.2 Å². The Kier molecular flexibility index (Phi) is 3.79. The predicted octanol–water partition coefficient (Wildman–Crippen LogP) is 2.23. The van der Waals surface area contributed by atoms with E-state index in [1.807, 2.05) is 7.05 Å². The number of hydrazone groups is 1. The lowest BCUT2D eigenvalue weighted by molar-refractivity contribution is -0.118. The van der Waals surface area contributed by atoms with Crippen molar-refractivity contribution in [3.8, 4) is 0 Å². The van der Waals surface area contributed by atoms with Crippen LogP contribution in [0.4, 0.5) is 0 Å². The zero-order valence-electron chi connectivity index (χ0n) is 13.6. The van der Waals surface area contributed by atoms with Gasteiger partial charge in [0.05, 0.1) is 5.75 Å². The van der Waals surface area contributed by atoms with Gasteiger partial charge in [-0.15, -0.1) is 10.2 Å². The lowest BCUT2D eigenvalue weighted by Gasteiger charge is -2.34. The Bertz CT molecular complexity index is 623. The Labute approximate surface area is 135 Å². The number of hydrogen-bond donors (Lipinski definition) is 1. The molecule has 1 N–H and O–H groups in total. The summed E-state index contributed by atoms with van der Waals surface area (Å²) in [7, 11) is 1.86. The van der Waals surface area contributed by atoms with E-state index in [0.717, 1.165) is 17.3 Å². The molecule has 0 spiro atoms. The van der Waals surface area contributed by atoms with Crippen LogP contribution < -0.4 is 5.43 Å². The van der Waals surface area contributed by atoms with E-state index in [1.165, 1.54) is 24.6 Å². The molecular weight excluding hydrogens is 298 g/mol. The van der Waals surface area contributed by atoms with E-state index in [1.54, 1.807) is 10.9 Å². The molecule has 120 valence electrons. The quantitative estimate of drug-likeness (QED) is 0.682. The van der Waals surface area contributed by atoms with Gasteiger partial charge in [0.15, 0.2) is 5.16 Å². The number of nitrogens with one attached hydrogen (secondary N) is 1. The van der Waals surface area contributed by atoms with E-state index in [9.17, 15) is 4.79 Å². The first-order valence-electron chi connectivity index (χ1n) is 7.67. The van der Waals surface area contributed by atoms with Gasteiger partial charge in [-0.3, -0.25) is 4.79 Å². The summed E-state index contributed by atoms with van der Waals surface area (Å²) in [5.74, 6) is 0.901. The van der Waals surface area contributed by atoms with Crippen molar-refractivity contribution in [1.82, 2.24) is 20.2 Å². The SMILES string of the molecule is Cn1cnnc1SCC(=O)N/N=C1\CC2CCC1(C)C2(C)C. The lowest BCUT2D eigenvalue weighted by Crippen LogP contribution is -2.34. The molecule has 0 radical (unpaired) electrons. The van der Waals surface area contributed by atoms with Gasteiger partial charge in [0.1, 0.15) is 6.33 Å². The van der Waals surface area contributed by atoms with Gasteiger partial charge in [-0.05, 0) is 30.6 Å². The maximum absolute atomic E-state index is 12.0. The van der Waals surface area contributed by atoms with Crippen LogP contribution in [-0.2, 0) is 11.8 Å². The zero-order chi connectivity index (χ0) is 16.0. The highest BCUT2D eigenvalue weighted by atomic mass is 32.2. The summed E-state index contributed by atoms with van der Waals surface area (Å²) in [6.45, 7) is 6.96. The number of amides is 1. The summed E-state index contributed by atoms with van der Waals surface area (Å²) < 4.78 is 1.79. The maximum atomic E-state index is 12.0. The topological polar surface area (TPSA) is 72.2 Å². The van der Waals surface area contributed by atoms with Gasteiger partial charge in [-0.1, -0.05) is 32.5 Å². The predicted molar refractivity (Wildman–Crippen MR) is 86.5 cm³/mol. The first kappa shape index (κ1) is 15.5. The molecule has 3 rings (SSSR count). The Morgan fingerprint density at radius 2 is 2.32 bits per heavy atom. The lowest BCUT2D eigenvalue weighted by atomic mass is 9.70. The zero-order valence-corrected chi connectivity index (χ0v) is 14.4. The minimum absolute atomic E-state index is 0.0929. The van der Waals surface area contributed by atoms with E-state index < -0.39 is 0 Å². The smallest absolute Gasteiger partial charge is 0.250 e. The van der Waals surface area contributed by atoms with Crippen LogP contribution >= 0.6 is 11.8 Å². The summed E-state index contributed by atoms with van der Waals surface area (Å²) in [5.41, 5.74) is 4.29. The van der Waals surface area contributed by atoms with E-state index in [2.05, 4.69) is 41.5 Å². The fourth-order valence-corrected chi connectivity index (χ4v) is 4.47. The van der Waals surface area contributed by atoms with Crippen molar-refractivity contribution >= 4 is 23.4 Å². The third-order valence-electron chi connectivity index (χ3n) is 5.83. The molecule has 2 atom stereocenters. The second-order valence-electron chi connectivity index (χ2n) is 7.10. The van der Waals surface area contributed by atoms with Gasteiger partial charge < -0.3 is 4.57 Å². The number of hydrogen-bond acceptors (Lipinski definition) is 5. The molecule has 2 unspecified atom stereocenters. The molecule has 0 saturated heterocycles.